The number of ether oxygens (including phenoxy) is 2. The van der Waals surface area contributed by atoms with Gasteiger partial charge >= 0.3 is 0 Å². The first-order valence-corrected chi connectivity index (χ1v) is 10.6. The summed E-state index contributed by atoms with van der Waals surface area (Å²) in [6, 6.07) is 9.82. The van der Waals surface area contributed by atoms with Gasteiger partial charge in [0.1, 0.15) is 0 Å². The van der Waals surface area contributed by atoms with Gasteiger partial charge < -0.3 is 19.7 Å². The first kappa shape index (κ1) is 21.2. The molecule has 0 radical (unpaired) electrons. The van der Waals surface area contributed by atoms with Gasteiger partial charge in [-0.25, -0.2) is 0 Å². The van der Waals surface area contributed by atoms with Gasteiger partial charge in [0, 0.05) is 30.3 Å². The van der Waals surface area contributed by atoms with Gasteiger partial charge in [0.05, 0.1) is 20.8 Å². The summed E-state index contributed by atoms with van der Waals surface area (Å²) in [5.74, 6) is 1.47. The van der Waals surface area contributed by atoms with Crippen molar-refractivity contribution in [2.24, 2.45) is 0 Å². The first-order chi connectivity index (χ1) is 13.9. The molecule has 1 aromatic heterocycles. The maximum Gasteiger partial charge on any atom is 0.222 e. The first-order valence-electron chi connectivity index (χ1n) is 9.73. The lowest BCUT2D eigenvalue weighted by Crippen LogP contribution is -2.44. The number of nitrogens with zero attached hydrogens (tertiary/aromatic N) is 1. The minimum Gasteiger partial charge on any atom is -0.493 e. The van der Waals surface area contributed by atoms with Crippen LogP contribution in [0.15, 0.2) is 35.7 Å². The summed E-state index contributed by atoms with van der Waals surface area (Å²) < 4.78 is 10.7. The fourth-order valence-electron chi connectivity index (χ4n) is 3.82. The standard InChI is InChI=1S/C22H28N2O4S/c1-24(15-17-5-4-12-29-17)21(26)9-11-22(10-8-20(25)23-22)14-16-6-7-18(27-2)19(13-16)28-3/h4-7,12-13H,8-11,14-15H2,1-3H3,(H,23,25)/t22-/m1/s1. The lowest BCUT2D eigenvalue weighted by molar-refractivity contribution is -0.131. The fourth-order valence-corrected chi connectivity index (χ4v) is 4.58. The molecular weight excluding hydrogens is 388 g/mol. The summed E-state index contributed by atoms with van der Waals surface area (Å²) in [6.07, 6.45) is 2.88. The molecule has 3 rings (SSSR count). The van der Waals surface area contributed by atoms with E-state index in [9.17, 15) is 9.59 Å². The highest BCUT2D eigenvalue weighted by Gasteiger charge is 2.38. The molecule has 0 unspecified atom stereocenters. The molecule has 6 nitrogen and oxygen atoms in total. The number of hydrogen-bond acceptors (Lipinski definition) is 5. The van der Waals surface area contributed by atoms with Crippen molar-refractivity contribution in [1.29, 1.82) is 0 Å². The highest BCUT2D eigenvalue weighted by Crippen LogP contribution is 2.33. The topological polar surface area (TPSA) is 67.9 Å². The van der Waals surface area contributed by atoms with E-state index in [1.54, 1.807) is 30.5 Å². The summed E-state index contributed by atoms with van der Waals surface area (Å²) in [5.41, 5.74) is 0.639. The van der Waals surface area contributed by atoms with Crippen LogP contribution in [-0.4, -0.2) is 43.5 Å². The molecule has 0 aliphatic carbocycles. The zero-order valence-electron chi connectivity index (χ0n) is 17.2. The molecule has 2 amide bonds. The molecule has 1 aliphatic rings. The Balaban J connectivity index is 1.67. The zero-order chi connectivity index (χ0) is 20.9. The van der Waals surface area contributed by atoms with Crippen molar-refractivity contribution in [1.82, 2.24) is 10.2 Å². The molecule has 29 heavy (non-hydrogen) atoms. The van der Waals surface area contributed by atoms with Crippen LogP contribution in [0.3, 0.4) is 0 Å². The smallest absolute Gasteiger partial charge is 0.222 e. The average Bonchev–Trinajstić information content (AvgIpc) is 3.36. The second-order valence-corrected chi connectivity index (χ2v) is 8.56. The average molecular weight is 417 g/mol. The number of carbonyl (C=O) groups excluding carboxylic acids is 2. The number of benzene rings is 1. The van der Waals surface area contributed by atoms with Gasteiger partial charge in [-0.05, 0) is 48.4 Å². The third-order valence-electron chi connectivity index (χ3n) is 5.44. The van der Waals surface area contributed by atoms with Crippen LogP contribution >= 0.6 is 11.3 Å². The van der Waals surface area contributed by atoms with Crippen LogP contribution < -0.4 is 14.8 Å². The Bertz CT molecular complexity index is 853. The van der Waals surface area contributed by atoms with Crippen LogP contribution in [0.1, 0.15) is 36.1 Å². The number of hydrogen-bond donors (Lipinski definition) is 1. The lowest BCUT2D eigenvalue weighted by Gasteiger charge is -2.30. The summed E-state index contributed by atoms with van der Waals surface area (Å²) >= 11 is 1.65. The van der Waals surface area contributed by atoms with Crippen LogP contribution in [0, 0.1) is 0 Å². The van der Waals surface area contributed by atoms with E-state index in [-0.39, 0.29) is 11.8 Å². The monoisotopic (exact) mass is 416 g/mol. The van der Waals surface area contributed by atoms with E-state index >= 15 is 0 Å². The van der Waals surface area contributed by atoms with Gasteiger partial charge in [0.25, 0.3) is 0 Å². The predicted octanol–water partition coefficient (Wildman–Crippen LogP) is 3.40. The minimum atomic E-state index is -0.407. The molecule has 1 atom stereocenters. The quantitative estimate of drug-likeness (QED) is 0.680. The van der Waals surface area contributed by atoms with Gasteiger partial charge in [-0.1, -0.05) is 12.1 Å². The number of methoxy groups -OCH3 is 2. The molecule has 0 spiro atoms. The third-order valence-corrected chi connectivity index (χ3v) is 6.30. The zero-order valence-corrected chi connectivity index (χ0v) is 18.0. The molecule has 2 heterocycles. The van der Waals surface area contributed by atoms with Gasteiger partial charge in [-0.15, -0.1) is 11.3 Å². The maximum atomic E-state index is 12.7. The third kappa shape index (κ3) is 5.29. The minimum absolute atomic E-state index is 0.0462. The van der Waals surface area contributed by atoms with Crippen LogP contribution in [0.5, 0.6) is 11.5 Å². The van der Waals surface area contributed by atoms with E-state index < -0.39 is 5.54 Å². The predicted molar refractivity (Wildman–Crippen MR) is 113 cm³/mol. The van der Waals surface area contributed by atoms with E-state index in [0.717, 1.165) is 16.9 Å². The van der Waals surface area contributed by atoms with Gasteiger partial charge in [0.2, 0.25) is 11.8 Å². The Morgan fingerprint density at radius 1 is 1.24 bits per heavy atom. The van der Waals surface area contributed by atoms with E-state index in [0.29, 0.717) is 43.7 Å². The molecule has 7 heteroatoms. The van der Waals surface area contributed by atoms with Crippen LogP contribution in [0.2, 0.25) is 0 Å². The summed E-state index contributed by atoms with van der Waals surface area (Å²) in [5, 5.41) is 5.16. The van der Waals surface area contributed by atoms with E-state index in [4.69, 9.17) is 9.47 Å². The molecule has 156 valence electrons. The van der Waals surface area contributed by atoms with Crippen molar-refractivity contribution in [2.75, 3.05) is 21.3 Å². The van der Waals surface area contributed by atoms with Crippen molar-refractivity contribution < 1.29 is 19.1 Å². The lowest BCUT2D eigenvalue weighted by atomic mass is 9.84. The normalized spacial score (nSPS) is 18.4. The molecule has 1 N–H and O–H groups in total. The Labute approximate surface area is 175 Å². The van der Waals surface area contributed by atoms with Crippen molar-refractivity contribution in [3.05, 3.63) is 46.2 Å². The molecule has 0 saturated carbocycles. The summed E-state index contributed by atoms with van der Waals surface area (Å²) in [6.45, 7) is 0.617. The number of rotatable bonds is 9. The van der Waals surface area contributed by atoms with Crippen molar-refractivity contribution >= 4 is 23.2 Å². The SMILES string of the molecule is COc1ccc(C[C@]2(CCC(=O)N(C)Cc3cccs3)CCC(=O)N2)cc1OC. The second kappa shape index (κ2) is 9.31. The fraction of sp³-hybridized carbons (Fsp3) is 0.455. The number of amides is 2. The van der Waals surface area contributed by atoms with Gasteiger partial charge in [0.15, 0.2) is 11.5 Å². The number of nitrogens with one attached hydrogen (secondary N) is 1. The highest BCUT2D eigenvalue weighted by atomic mass is 32.1. The Kier molecular flexibility index (Phi) is 6.79. The van der Waals surface area contributed by atoms with Crippen molar-refractivity contribution in [3.8, 4) is 11.5 Å². The molecule has 0 bridgehead atoms. The Hall–Kier alpha value is -2.54. The van der Waals surface area contributed by atoms with Crippen LogP contribution in [0.25, 0.3) is 0 Å². The second-order valence-electron chi connectivity index (χ2n) is 7.52. The summed E-state index contributed by atoms with van der Waals surface area (Å²) in [4.78, 5) is 27.6. The Morgan fingerprint density at radius 3 is 2.66 bits per heavy atom. The molecule has 2 aromatic rings. The van der Waals surface area contributed by atoms with E-state index in [1.807, 2.05) is 42.8 Å². The van der Waals surface area contributed by atoms with Gasteiger partial charge in [-0.2, -0.15) is 0 Å². The van der Waals surface area contributed by atoms with E-state index in [2.05, 4.69) is 5.32 Å². The molecule has 1 fully saturated rings. The number of thiophene rings is 1. The van der Waals surface area contributed by atoms with Crippen LogP contribution in [0.4, 0.5) is 0 Å². The highest BCUT2D eigenvalue weighted by molar-refractivity contribution is 7.09. The molecule has 1 aliphatic heterocycles. The van der Waals surface area contributed by atoms with Crippen LogP contribution in [-0.2, 0) is 22.6 Å². The maximum absolute atomic E-state index is 12.7. The van der Waals surface area contributed by atoms with E-state index in [1.165, 1.54) is 0 Å². The van der Waals surface area contributed by atoms with Crippen molar-refractivity contribution in [3.63, 3.8) is 0 Å². The van der Waals surface area contributed by atoms with Crippen molar-refractivity contribution in [2.45, 2.75) is 44.2 Å². The largest absolute Gasteiger partial charge is 0.493 e. The molecular formula is C22H28N2O4S. The number of carbonyl (C=O) groups is 2. The summed E-state index contributed by atoms with van der Waals surface area (Å²) in [7, 11) is 5.04. The Morgan fingerprint density at radius 2 is 2.03 bits per heavy atom. The van der Waals surface area contributed by atoms with Gasteiger partial charge in [-0.3, -0.25) is 9.59 Å². The molecule has 1 saturated heterocycles. The molecule has 1 aromatic carbocycles.